The molecule has 0 aliphatic carbocycles. The second-order valence-electron chi connectivity index (χ2n) is 5.30. The first kappa shape index (κ1) is 15.9. The molecule has 2 heterocycles. The van der Waals surface area contributed by atoms with Gasteiger partial charge in [-0.25, -0.2) is 0 Å². The molecule has 2 aromatic rings. The van der Waals surface area contributed by atoms with E-state index in [2.05, 4.69) is 21.7 Å². The van der Waals surface area contributed by atoms with Crippen molar-refractivity contribution in [2.24, 2.45) is 0 Å². The monoisotopic (exact) mass is 351 g/mol. The second-order valence-corrected chi connectivity index (χ2v) is 6.71. The number of nitrogens with zero attached hydrogens (tertiary/aromatic N) is 2. The van der Waals surface area contributed by atoms with Gasteiger partial charge in [-0.3, -0.25) is 19.8 Å². The van der Waals surface area contributed by atoms with Crippen molar-refractivity contribution in [3.63, 3.8) is 0 Å². The molecule has 1 amide bonds. The van der Waals surface area contributed by atoms with Crippen LogP contribution < -0.4 is 5.32 Å². The fraction of sp³-hybridized carbons (Fsp3) is 0.267. The van der Waals surface area contributed by atoms with Gasteiger partial charge in [-0.05, 0) is 35.6 Å². The number of nitrogens with one attached hydrogen (secondary N) is 1. The molecule has 0 bridgehead atoms. The third-order valence-electron chi connectivity index (χ3n) is 3.68. The summed E-state index contributed by atoms with van der Waals surface area (Å²) in [5.41, 5.74) is 1.43. The van der Waals surface area contributed by atoms with Crippen LogP contribution in [-0.2, 0) is 17.8 Å². The summed E-state index contributed by atoms with van der Waals surface area (Å²) in [5.74, 6) is -0.194. The van der Waals surface area contributed by atoms with Gasteiger partial charge in [0.15, 0.2) is 0 Å². The van der Waals surface area contributed by atoms with Crippen molar-refractivity contribution < 1.29 is 9.72 Å². The zero-order valence-electron chi connectivity index (χ0n) is 12.1. The number of thiophene rings is 1. The van der Waals surface area contributed by atoms with Crippen molar-refractivity contribution in [1.29, 1.82) is 0 Å². The second kappa shape index (κ2) is 6.66. The number of fused-ring (bicyclic) bond motifs is 1. The minimum absolute atomic E-state index is 0.0500. The zero-order valence-corrected chi connectivity index (χ0v) is 13.7. The summed E-state index contributed by atoms with van der Waals surface area (Å²) in [4.78, 5) is 25.9. The van der Waals surface area contributed by atoms with Gasteiger partial charge in [0, 0.05) is 29.7 Å². The minimum Gasteiger partial charge on any atom is -0.325 e. The molecule has 120 valence electrons. The first-order valence-corrected chi connectivity index (χ1v) is 8.30. The lowest BCUT2D eigenvalue weighted by molar-refractivity contribution is -0.384. The Balaban J connectivity index is 1.62. The summed E-state index contributed by atoms with van der Waals surface area (Å²) in [6, 6.07) is 6.33. The van der Waals surface area contributed by atoms with E-state index in [1.54, 1.807) is 17.4 Å². The quantitative estimate of drug-likeness (QED) is 0.677. The highest BCUT2D eigenvalue weighted by atomic mass is 35.5. The molecule has 8 heteroatoms. The topological polar surface area (TPSA) is 75.5 Å². The van der Waals surface area contributed by atoms with Gasteiger partial charge in [0.1, 0.15) is 5.02 Å². The van der Waals surface area contributed by atoms with Crippen molar-refractivity contribution in [2.75, 3.05) is 18.4 Å². The average Bonchev–Trinajstić information content (AvgIpc) is 2.96. The Morgan fingerprint density at radius 3 is 3.04 bits per heavy atom. The first-order valence-electron chi connectivity index (χ1n) is 7.04. The predicted octanol–water partition coefficient (Wildman–Crippen LogP) is 3.31. The van der Waals surface area contributed by atoms with E-state index >= 15 is 0 Å². The van der Waals surface area contributed by atoms with Crippen LogP contribution in [0.15, 0.2) is 29.6 Å². The van der Waals surface area contributed by atoms with Crippen LogP contribution in [0.3, 0.4) is 0 Å². The van der Waals surface area contributed by atoms with E-state index in [9.17, 15) is 14.9 Å². The van der Waals surface area contributed by atoms with Gasteiger partial charge in [-0.2, -0.15) is 0 Å². The molecule has 0 spiro atoms. The number of nitro benzene ring substituents is 1. The number of carbonyl (C=O) groups is 1. The number of carbonyl (C=O) groups excluding carboxylic acids is 1. The molecule has 0 atom stereocenters. The van der Waals surface area contributed by atoms with Gasteiger partial charge >= 0.3 is 0 Å². The third kappa shape index (κ3) is 3.69. The van der Waals surface area contributed by atoms with E-state index in [1.807, 2.05) is 0 Å². The molecule has 1 aromatic heterocycles. The number of amides is 1. The van der Waals surface area contributed by atoms with E-state index in [0.717, 1.165) is 19.5 Å². The van der Waals surface area contributed by atoms with Crippen LogP contribution in [0.2, 0.25) is 5.02 Å². The SMILES string of the molecule is O=C(CN1CCc2sccc2C1)Nc1ccc(Cl)c([N+](=O)[O-])c1. The van der Waals surface area contributed by atoms with Crippen molar-refractivity contribution in [3.05, 3.63) is 55.2 Å². The molecule has 1 aliphatic rings. The number of hydrogen-bond acceptors (Lipinski definition) is 5. The zero-order chi connectivity index (χ0) is 16.4. The molecular weight excluding hydrogens is 338 g/mol. The number of benzene rings is 1. The highest BCUT2D eigenvalue weighted by Gasteiger charge is 2.20. The summed E-state index contributed by atoms with van der Waals surface area (Å²) in [7, 11) is 0. The molecule has 1 aromatic carbocycles. The standard InChI is InChI=1S/C15H14ClN3O3S/c16-12-2-1-11(7-13(12)19(21)22)17-15(20)9-18-5-3-14-10(8-18)4-6-23-14/h1-2,4,6-7H,3,5,8-9H2,(H,17,20). The number of hydrogen-bond donors (Lipinski definition) is 1. The lowest BCUT2D eigenvalue weighted by Crippen LogP contribution is -2.36. The normalized spacial score (nSPS) is 14.3. The van der Waals surface area contributed by atoms with Crippen LogP contribution in [0.4, 0.5) is 11.4 Å². The van der Waals surface area contributed by atoms with Crippen LogP contribution in [0, 0.1) is 10.1 Å². The molecule has 0 unspecified atom stereocenters. The van der Waals surface area contributed by atoms with Gasteiger partial charge in [0.05, 0.1) is 11.5 Å². The highest BCUT2D eigenvalue weighted by molar-refractivity contribution is 7.10. The van der Waals surface area contributed by atoms with Gasteiger partial charge in [-0.1, -0.05) is 11.6 Å². The highest BCUT2D eigenvalue weighted by Crippen LogP contribution is 2.27. The number of rotatable bonds is 4. The van der Waals surface area contributed by atoms with Crippen LogP contribution in [0.1, 0.15) is 10.4 Å². The maximum Gasteiger partial charge on any atom is 0.289 e. The summed E-state index contributed by atoms with van der Waals surface area (Å²) in [6.45, 7) is 1.85. The minimum atomic E-state index is -0.569. The Hall–Kier alpha value is -1.96. The Labute approximate surface area is 141 Å². The molecular formula is C15H14ClN3O3S. The summed E-state index contributed by atoms with van der Waals surface area (Å²) >= 11 is 7.51. The van der Waals surface area contributed by atoms with Crippen molar-refractivity contribution >= 4 is 40.2 Å². The van der Waals surface area contributed by atoms with E-state index in [4.69, 9.17) is 11.6 Å². The average molecular weight is 352 g/mol. The fourth-order valence-corrected chi connectivity index (χ4v) is 3.65. The van der Waals surface area contributed by atoms with E-state index < -0.39 is 4.92 Å². The number of halogens is 1. The van der Waals surface area contributed by atoms with Crippen molar-refractivity contribution in [1.82, 2.24) is 4.90 Å². The number of nitro groups is 1. The molecule has 0 saturated carbocycles. The van der Waals surface area contributed by atoms with Gasteiger partial charge < -0.3 is 5.32 Å². The van der Waals surface area contributed by atoms with E-state index in [1.165, 1.54) is 22.6 Å². The molecule has 0 radical (unpaired) electrons. The smallest absolute Gasteiger partial charge is 0.289 e. The van der Waals surface area contributed by atoms with Crippen LogP contribution in [-0.4, -0.2) is 28.8 Å². The molecule has 1 N–H and O–H groups in total. The number of anilines is 1. The predicted molar refractivity (Wildman–Crippen MR) is 90.0 cm³/mol. The van der Waals surface area contributed by atoms with Crippen molar-refractivity contribution in [2.45, 2.75) is 13.0 Å². The molecule has 6 nitrogen and oxygen atoms in total. The molecule has 3 rings (SSSR count). The summed E-state index contributed by atoms with van der Waals surface area (Å²) in [6.07, 6.45) is 0.951. The first-order chi connectivity index (χ1) is 11.0. The van der Waals surface area contributed by atoms with Gasteiger partial charge in [0.2, 0.25) is 5.91 Å². The third-order valence-corrected chi connectivity index (χ3v) is 5.02. The van der Waals surface area contributed by atoms with Crippen molar-refractivity contribution in [3.8, 4) is 0 Å². The van der Waals surface area contributed by atoms with Crippen LogP contribution in [0.25, 0.3) is 0 Å². The lowest BCUT2D eigenvalue weighted by Gasteiger charge is -2.26. The maximum atomic E-state index is 12.1. The Morgan fingerprint density at radius 1 is 1.43 bits per heavy atom. The Kier molecular flexibility index (Phi) is 4.61. The summed E-state index contributed by atoms with van der Waals surface area (Å²) in [5, 5.41) is 15.7. The van der Waals surface area contributed by atoms with Gasteiger partial charge in [-0.15, -0.1) is 11.3 Å². The molecule has 0 saturated heterocycles. The van der Waals surface area contributed by atoms with Crippen LogP contribution >= 0.6 is 22.9 Å². The largest absolute Gasteiger partial charge is 0.325 e. The Morgan fingerprint density at radius 2 is 2.26 bits per heavy atom. The molecule has 1 aliphatic heterocycles. The van der Waals surface area contributed by atoms with Gasteiger partial charge in [0.25, 0.3) is 5.69 Å². The lowest BCUT2D eigenvalue weighted by atomic mass is 10.1. The maximum absolute atomic E-state index is 12.1. The summed E-state index contributed by atoms with van der Waals surface area (Å²) < 4.78 is 0. The van der Waals surface area contributed by atoms with E-state index in [0.29, 0.717) is 5.69 Å². The Bertz CT molecular complexity index is 762. The molecule has 23 heavy (non-hydrogen) atoms. The fourth-order valence-electron chi connectivity index (χ4n) is 2.58. The van der Waals surface area contributed by atoms with Crippen LogP contribution in [0.5, 0.6) is 0 Å². The van der Waals surface area contributed by atoms with E-state index in [-0.39, 0.29) is 23.2 Å². The molecule has 0 fully saturated rings.